The quantitative estimate of drug-likeness (QED) is 0.252. The summed E-state index contributed by atoms with van der Waals surface area (Å²) in [6.45, 7) is 3.38. The van der Waals surface area contributed by atoms with Gasteiger partial charge < -0.3 is 20.9 Å². The van der Waals surface area contributed by atoms with Gasteiger partial charge in [0.25, 0.3) is 0 Å². The molecule has 0 rings (SSSR count). The SMILES string of the molecule is C.C.C.C.CC=O.CCO.O.O.O=O.OO.OO.[2HH].[2HH].[HH]. The first kappa shape index (κ1) is 121. The molecule has 132 valence electrons. The van der Waals surface area contributed by atoms with Gasteiger partial charge in [-0.2, -0.15) is 0 Å². The molecule has 0 saturated carbocycles. The Kier molecular flexibility index (Phi) is 24700. The van der Waals surface area contributed by atoms with E-state index in [4.69, 9.17) is 40.9 Å². The maximum Gasteiger partial charge on any atom is 0.116 e. The molecule has 0 radical (unpaired) electrons. The van der Waals surface area contributed by atoms with Gasteiger partial charge in [0.1, 0.15) is 6.29 Å². The van der Waals surface area contributed by atoms with Crippen molar-refractivity contribution in [3.63, 3.8) is 0 Å². The fourth-order valence-corrected chi connectivity index (χ4v) is 0. The van der Waals surface area contributed by atoms with Crippen molar-refractivity contribution in [3.05, 3.63) is 9.93 Å². The van der Waals surface area contributed by atoms with Crippen LogP contribution in [-0.4, -0.2) is 50.0 Å². The molecule has 0 aromatic rings. The van der Waals surface area contributed by atoms with Crippen molar-refractivity contribution in [1.29, 1.82) is 0 Å². The Morgan fingerprint density at radius 1 is 0.944 bits per heavy atom. The Labute approximate surface area is 114 Å². The minimum absolute atomic E-state index is 0. The van der Waals surface area contributed by atoms with Crippen LogP contribution < -0.4 is 0 Å². The van der Waals surface area contributed by atoms with Crippen molar-refractivity contribution in [2.45, 2.75) is 43.6 Å². The summed E-state index contributed by atoms with van der Waals surface area (Å²) in [6, 6.07) is 0. The Bertz CT molecular complexity index is 51.5. The van der Waals surface area contributed by atoms with Crippen LogP contribution in [0.25, 0.3) is 0 Å². The van der Waals surface area contributed by atoms with E-state index >= 15 is 0 Å². The van der Waals surface area contributed by atoms with Gasteiger partial charge in [-0.25, -0.2) is 0 Å². The van der Waals surface area contributed by atoms with E-state index in [9.17, 15) is 0 Å². The molecule has 0 unspecified atom stereocenters. The van der Waals surface area contributed by atoms with Crippen LogP contribution in [0.1, 0.15) is 47.8 Å². The highest BCUT2D eigenvalue weighted by Gasteiger charge is 1.34. The number of aldehydes is 1. The van der Waals surface area contributed by atoms with Crippen LogP contribution in [0.4, 0.5) is 0 Å². The van der Waals surface area contributed by atoms with Crippen LogP contribution >= 0.6 is 0 Å². The third-order valence-electron chi connectivity index (χ3n) is 0. The van der Waals surface area contributed by atoms with E-state index in [1.807, 2.05) is 0 Å². The lowest BCUT2D eigenvalue weighted by Crippen LogP contribution is -1.57. The van der Waals surface area contributed by atoms with E-state index in [1.54, 1.807) is 6.92 Å². The van der Waals surface area contributed by atoms with Crippen molar-refractivity contribution in [2.75, 3.05) is 6.61 Å². The number of carbonyl (C=O) groups is 1. The summed E-state index contributed by atoms with van der Waals surface area (Å²) in [5.74, 6) is 0. The molecule has 0 saturated heterocycles. The Morgan fingerprint density at radius 2 is 0.944 bits per heavy atom. The Morgan fingerprint density at radius 3 is 0.944 bits per heavy atom. The molecule has 0 amide bonds. The third kappa shape index (κ3) is 2880. The van der Waals surface area contributed by atoms with E-state index in [-0.39, 0.29) is 51.5 Å². The first-order chi connectivity index (χ1) is 5.83. The van der Waals surface area contributed by atoms with Crippen LogP contribution in [-0.2, 0) is 4.79 Å². The Balaban J connectivity index is -0.00000000222. The summed E-state index contributed by atoms with van der Waals surface area (Å²) < 4.78 is 0. The van der Waals surface area contributed by atoms with Gasteiger partial charge in [-0.05, 0) is 13.8 Å². The van der Waals surface area contributed by atoms with Gasteiger partial charge >= 0.3 is 0 Å². The van der Waals surface area contributed by atoms with Gasteiger partial charge in [-0.15, -0.1) is 0 Å². The minimum atomic E-state index is 0. The second-order valence-corrected chi connectivity index (χ2v) is 0.552. The first-order valence-corrected chi connectivity index (χ1v) is 2.40. The maximum absolute atomic E-state index is 8.81. The molecule has 0 aromatic carbocycles. The number of aliphatic hydroxyl groups excluding tert-OH is 1. The molecule has 18 heavy (non-hydrogen) atoms. The molecule has 0 aliphatic heterocycles. The predicted molar refractivity (Wildman–Crippen MR) is 82.2 cm³/mol. The molecule has 9 N–H and O–H groups in total. The van der Waals surface area contributed by atoms with Gasteiger partial charge in [0, 0.05) is 20.8 Å². The molecule has 10 nitrogen and oxygen atoms in total. The van der Waals surface area contributed by atoms with E-state index in [2.05, 4.69) is 0 Å². The molecular weight excluding hydrogens is 256 g/mol. The maximum atomic E-state index is 8.81. The zero-order valence-electron chi connectivity index (χ0n) is 7.75. The second-order valence-electron chi connectivity index (χ2n) is 0.552. The molecular formula is C8H40O10. The van der Waals surface area contributed by atoms with Crippen molar-refractivity contribution >= 4 is 6.29 Å². The van der Waals surface area contributed by atoms with E-state index in [0.29, 0.717) is 0 Å². The minimum Gasteiger partial charge on any atom is -0.412 e. The first-order valence-electron chi connectivity index (χ1n) is 2.40. The Hall–Kier alpha value is -1.01. The molecule has 0 bridgehead atoms. The number of hydrogen-bond donors (Lipinski definition) is 5. The number of carbonyl (C=O) groups excluding carboxylic acids is 1. The fourth-order valence-electron chi connectivity index (χ4n) is 0. The lowest BCUT2D eigenvalue weighted by atomic mass is 10.9. The summed E-state index contributed by atoms with van der Waals surface area (Å²) in [7, 11) is 0. The normalized spacial score (nSPS) is 2.61. The van der Waals surface area contributed by atoms with Gasteiger partial charge in [0.15, 0.2) is 0 Å². The molecule has 0 fully saturated rings. The standard InChI is InChI=1S/C2H6O.C2H4O.4CH4.2H2O2.O2.2H2O.3H2/c2*1-2-3;;;;;3*1-2;;;;;/h3H,2H2,1H3;2H,1H3;4*1H4;2*1-2H;;2*1H2;3*1H/i;;;;;;;;;;;2*1+1;. The lowest BCUT2D eigenvalue weighted by molar-refractivity contribution is -0.176. The highest BCUT2D eigenvalue weighted by Crippen LogP contribution is 1.30. The van der Waals surface area contributed by atoms with E-state index < -0.39 is 0 Å². The van der Waals surface area contributed by atoms with Crippen molar-refractivity contribution in [3.8, 4) is 0 Å². The van der Waals surface area contributed by atoms with Crippen molar-refractivity contribution in [1.82, 2.24) is 0 Å². The second kappa shape index (κ2) is 3670. The van der Waals surface area contributed by atoms with Crippen LogP contribution in [0.5, 0.6) is 0 Å². The average molecular weight is 298 g/mol. The smallest absolute Gasteiger partial charge is 0.116 e. The summed E-state index contributed by atoms with van der Waals surface area (Å²) in [5.41, 5.74) is 0. The van der Waals surface area contributed by atoms with Crippen LogP contribution in [0.3, 0.4) is 0 Å². The lowest BCUT2D eigenvalue weighted by Gasteiger charge is -1.52. The monoisotopic (exact) mass is 298 g/mol. The van der Waals surface area contributed by atoms with Gasteiger partial charge in [0.2, 0.25) is 0 Å². The highest BCUT2D eigenvalue weighted by molar-refractivity contribution is 5.44. The molecule has 0 heterocycles. The van der Waals surface area contributed by atoms with E-state index in [1.165, 1.54) is 6.92 Å². The van der Waals surface area contributed by atoms with Crippen LogP contribution in [0, 0.1) is 9.93 Å². The van der Waals surface area contributed by atoms with Crippen molar-refractivity contribution < 1.29 is 46.2 Å². The van der Waals surface area contributed by atoms with Crippen LogP contribution in [0.2, 0.25) is 0 Å². The fraction of sp³-hybridized carbons (Fsp3) is 0.875. The molecule has 0 aromatic heterocycles. The van der Waals surface area contributed by atoms with Crippen LogP contribution in [0.15, 0.2) is 0 Å². The molecule has 0 aliphatic carbocycles. The molecule has 0 aliphatic rings. The number of rotatable bonds is 0. The summed E-state index contributed by atoms with van der Waals surface area (Å²) in [4.78, 5) is 22.8. The summed E-state index contributed by atoms with van der Waals surface area (Å²) in [5, 5.41) is 31.6. The number of aliphatic hydroxyl groups is 1. The topological polar surface area (TPSA) is 215 Å². The molecule has 0 spiro atoms. The largest absolute Gasteiger partial charge is 0.412 e. The highest BCUT2D eigenvalue weighted by atomic mass is 17.0. The van der Waals surface area contributed by atoms with Gasteiger partial charge in [-0.1, -0.05) is 29.7 Å². The summed E-state index contributed by atoms with van der Waals surface area (Å²) in [6.07, 6.45) is 0.750. The van der Waals surface area contributed by atoms with E-state index in [0.717, 1.165) is 6.29 Å². The zero-order valence-corrected chi connectivity index (χ0v) is 7.75. The zero-order chi connectivity index (χ0) is 11.4. The average Bonchev–Trinajstić information content (AvgIpc) is 2.16. The number of hydrogen-bond acceptors (Lipinski definition) is 8. The molecule has 10 heteroatoms. The summed E-state index contributed by atoms with van der Waals surface area (Å²) >= 11 is 0. The third-order valence-corrected chi connectivity index (χ3v) is 0. The molecule has 0 atom stereocenters. The van der Waals surface area contributed by atoms with Gasteiger partial charge in [0.05, 0.1) is 0 Å². The predicted octanol–water partition coefficient (Wildman–Crippen LogP) is 1.94. The van der Waals surface area contributed by atoms with Gasteiger partial charge in [-0.3, -0.25) is 21.0 Å². The van der Waals surface area contributed by atoms with Crippen molar-refractivity contribution in [2.24, 2.45) is 0 Å².